The average Bonchev–Trinajstić information content (AvgIpc) is 2.75. The van der Waals surface area contributed by atoms with Crippen LogP contribution in [0, 0.1) is 0 Å². The van der Waals surface area contributed by atoms with Gasteiger partial charge in [-0.05, 0) is 35.9 Å². The summed E-state index contributed by atoms with van der Waals surface area (Å²) >= 11 is 0. The molecule has 4 nitrogen and oxygen atoms in total. The van der Waals surface area contributed by atoms with Crippen LogP contribution in [0.25, 0.3) is 6.08 Å². The summed E-state index contributed by atoms with van der Waals surface area (Å²) in [6.45, 7) is 0. The molecule has 4 heteroatoms. The van der Waals surface area contributed by atoms with Crippen molar-refractivity contribution in [3.8, 4) is 11.5 Å². The van der Waals surface area contributed by atoms with E-state index in [-0.39, 0.29) is 17.3 Å². The third kappa shape index (κ3) is 2.48. The summed E-state index contributed by atoms with van der Waals surface area (Å²) in [7, 11) is 3.94. The van der Waals surface area contributed by atoms with Crippen LogP contribution in [-0.4, -0.2) is 25.0 Å². The SMILES string of the molecule is CN(C)c1ccc(/C=C2/Oc3cc(O)ccc3C2=O)cc1. The number of hydrogen-bond donors (Lipinski definition) is 1. The summed E-state index contributed by atoms with van der Waals surface area (Å²) in [5, 5.41) is 9.43. The Morgan fingerprint density at radius 1 is 1.10 bits per heavy atom. The van der Waals surface area contributed by atoms with E-state index in [1.54, 1.807) is 12.1 Å². The molecule has 0 radical (unpaired) electrons. The number of anilines is 1. The van der Waals surface area contributed by atoms with Crippen molar-refractivity contribution in [3.63, 3.8) is 0 Å². The van der Waals surface area contributed by atoms with Gasteiger partial charge in [-0.3, -0.25) is 4.79 Å². The summed E-state index contributed by atoms with van der Waals surface area (Å²) in [5.74, 6) is 0.587. The van der Waals surface area contributed by atoms with E-state index in [0.29, 0.717) is 11.3 Å². The molecule has 0 aromatic heterocycles. The van der Waals surface area contributed by atoms with Crippen molar-refractivity contribution in [1.82, 2.24) is 0 Å². The smallest absolute Gasteiger partial charge is 0.231 e. The molecule has 1 aliphatic rings. The van der Waals surface area contributed by atoms with Crippen molar-refractivity contribution in [2.24, 2.45) is 0 Å². The van der Waals surface area contributed by atoms with E-state index in [0.717, 1.165) is 11.3 Å². The predicted octanol–water partition coefficient (Wildman–Crippen LogP) is 3.07. The second-order valence-corrected chi connectivity index (χ2v) is 5.11. The first-order valence-corrected chi connectivity index (χ1v) is 6.59. The molecule has 0 atom stereocenters. The summed E-state index contributed by atoms with van der Waals surface area (Å²) in [6, 6.07) is 12.3. The molecular formula is C17H15NO3. The van der Waals surface area contributed by atoms with Gasteiger partial charge in [-0.15, -0.1) is 0 Å². The van der Waals surface area contributed by atoms with Gasteiger partial charge in [0.05, 0.1) is 5.56 Å². The normalized spacial score (nSPS) is 15.0. The van der Waals surface area contributed by atoms with Gasteiger partial charge in [-0.1, -0.05) is 12.1 Å². The maximum absolute atomic E-state index is 12.2. The molecule has 2 aromatic rings. The molecule has 0 amide bonds. The Kier molecular flexibility index (Phi) is 3.14. The number of ketones is 1. The van der Waals surface area contributed by atoms with Crippen LogP contribution in [0.2, 0.25) is 0 Å². The van der Waals surface area contributed by atoms with Gasteiger partial charge in [0, 0.05) is 25.8 Å². The lowest BCUT2D eigenvalue weighted by atomic mass is 10.1. The lowest BCUT2D eigenvalue weighted by Crippen LogP contribution is -2.08. The van der Waals surface area contributed by atoms with Gasteiger partial charge < -0.3 is 14.7 Å². The number of carbonyl (C=O) groups excluding carboxylic acids is 1. The number of benzene rings is 2. The van der Waals surface area contributed by atoms with Crippen molar-refractivity contribution in [1.29, 1.82) is 0 Å². The predicted molar refractivity (Wildman–Crippen MR) is 81.8 cm³/mol. The number of phenolic OH excluding ortho intramolecular Hbond substituents is 1. The summed E-state index contributed by atoms with van der Waals surface area (Å²) in [6.07, 6.45) is 1.71. The van der Waals surface area contributed by atoms with Gasteiger partial charge >= 0.3 is 0 Å². The number of allylic oxidation sites excluding steroid dienone is 1. The molecule has 1 N–H and O–H groups in total. The van der Waals surface area contributed by atoms with Crippen LogP contribution in [0.3, 0.4) is 0 Å². The number of phenols is 1. The van der Waals surface area contributed by atoms with Crippen LogP contribution in [-0.2, 0) is 0 Å². The van der Waals surface area contributed by atoms with Gasteiger partial charge in [0.2, 0.25) is 5.78 Å². The fraction of sp³-hybridized carbons (Fsp3) is 0.118. The molecule has 0 spiro atoms. The Hall–Kier alpha value is -2.75. The maximum atomic E-state index is 12.2. The van der Waals surface area contributed by atoms with Crippen molar-refractivity contribution >= 4 is 17.5 Å². The van der Waals surface area contributed by atoms with Crippen LogP contribution in [0.1, 0.15) is 15.9 Å². The number of hydrogen-bond acceptors (Lipinski definition) is 4. The largest absolute Gasteiger partial charge is 0.508 e. The lowest BCUT2D eigenvalue weighted by molar-refractivity contribution is 0.101. The lowest BCUT2D eigenvalue weighted by Gasteiger charge is -2.11. The minimum atomic E-state index is -0.165. The monoisotopic (exact) mass is 281 g/mol. The van der Waals surface area contributed by atoms with Gasteiger partial charge in [-0.2, -0.15) is 0 Å². The average molecular weight is 281 g/mol. The number of fused-ring (bicyclic) bond motifs is 1. The number of rotatable bonds is 2. The highest BCUT2D eigenvalue weighted by Gasteiger charge is 2.27. The minimum absolute atomic E-state index is 0.0816. The molecule has 0 bridgehead atoms. The second kappa shape index (κ2) is 4.98. The third-order valence-electron chi connectivity index (χ3n) is 3.36. The molecule has 3 rings (SSSR count). The minimum Gasteiger partial charge on any atom is -0.508 e. The van der Waals surface area contributed by atoms with E-state index in [1.165, 1.54) is 12.1 Å². The van der Waals surface area contributed by atoms with E-state index in [9.17, 15) is 9.90 Å². The van der Waals surface area contributed by atoms with Crippen molar-refractivity contribution in [2.75, 3.05) is 19.0 Å². The highest BCUT2D eigenvalue weighted by molar-refractivity contribution is 6.14. The fourth-order valence-electron chi connectivity index (χ4n) is 2.20. The van der Waals surface area contributed by atoms with Gasteiger partial charge in [-0.25, -0.2) is 0 Å². The molecule has 0 saturated carbocycles. The highest BCUT2D eigenvalue weighted by atomic mass is 16.5. The molecule has 0 fully saturated rings. The molecule has 2 aromatic carbocycles. The van der Waals surface area contributed by atoms with E-state index in [2.05, 4.69) is 0 Å². The first-order chi connectivity index (χ1) is 10.0. The molecule has 0 unspecified atom stereocenters. The van der Waals surface area contributed by atoms with E-state index < -0.39 is 0 Å². The van der Waals surface area contributed by atoms with E-state index in [4.69, 9.17) is 4.74 Å². The maximum Gasteiger partial charge on any atom is 0.231 e. The van der Waals surface area contributed by atoms with Crippen molar-refractivity contribution in [3.05, 3.63) is 59.4 Å². The standard InChI is InChI=1S/C17H15NO3/c1-18(2)12-5-3-11(4-6-12)9-16-17(20)14-8-7-13(19)10-15(14)21-16/h3-10,19H,1-2H3/b16-9+. The van der Waals surface area contributed by atoms with Crippen LogP contribution in [0.15, 0.2) is 48.2 Å². The Balaban J connectivity index is 1.90. The Morgan fingerprint density at radius 3 is 2.48 bits per heavy atom. The van der Waals surface area contributed by atoms with Crippen LogP contribution < -0.4 is 9.64 Å². The summed E-state index contributed by atoms with van der Waals surface area (Å²) in [4.78, 5) is 14.2. The third-order valence-corrected chi connectivity index (χ3v) is 3.36. The number of carbonyl (C=O) groups is 1. The second-order valence-electron chi connectivity index (χ2n) is 5.11. The number of aromatic hydroxyl groups is 1. The Bertz CT molecular complexity index is 730. The number of Topliss-reactive ketones (excluding diaryl/α,β-unsaturated/α-hetero) is 1. The topological polar surface area (TPSA) is 49.8 Å². The highest BCUT2D eigenvalue weighted by Crippen LogP contribution is 2.34. The van der Waals surface area contributed by atoms with E-state index >= 15 is 0 Å². The quantitative estimate of drug-likeness (QED) is 0.859. The molecule has 106 valence electrons. The molecule has 0 saturated heterocycles. The number of ether oxygens (including phenoxy) is 1. The number of nitrogens with zero attached hydrogens (tertiary/aromatic N) is 1. The zero-order valence-corrected chi connectivity index (χ0v) is 11.8. The summed E-state index contributed by atoms with van der Waals surface area (Å²) in [5.41, 5.74) is 2.45. The molecular weight excluding hydrogens is 266 g/mol. The fourth-order valence-corrected chi connectivity index (χ4v) is 2.20. The van der Waals surface area contributed by atoms with Gasteiger partial charge in [0.1, 0.15) is 11.5 Å². The van der Waals surface area contributed by atoms with Crippen molar-refractivity contribution < 1.29 is 14.6 Å². The zero-order valence-electron chi connectivity index (χ0n) is 11.8. The molecule has 0 aliphatic carbocycles. The van der Waals surface area contributed by atoms with Gasteiger partial charge in [0.25, 0.3) is 0 Å². The molecule has 21 heavy (non-hydrogen) atoms. The first-order valence-electron chi connectivity index (χ1n) is 6.59. The van der Waals surface area contributed by atoms with Crippen LogP contribution in [0.5, 0.6) is 11.5 Å². The van der Waals surface area contributed by atoms with E-state index in [1.807, 2.05) is 43.3 Å². The zero-order chi connectivity index (χ0) is 15.0. The van der Waals surface area contributed by atoms with Crippen molar-refractivity contribution in [2.45, 2.75) is 0 Å². The Labute approximate surface area is 122 Å². The van der Waals surface area contributed by atoms with Crippen LogP contribution in [0.4, 0.5) is 5.69 Å². The van der Waals surface area contributed by atoms with Gasteiger partial charge in [0.15, 0.2) is 5.76 Å². The first kappa shape index (κ1) is 13.2. The molecule has 1 aliphatic heterocycles. The molecule has 1 heterocycles. The summed E-state index contributed by atoms with van der Waals surface area (Å²) < 4.78 is 5.52. The van der Waals surface area contributed by atoms with Crippen LogP contribution >= 0.6 is 0 Å². The Morgan fingerprint density at radius 2 is 1.81 bits per heavy atom.